The molecule has 4 nitrogen and oxygen atoms in total. The summed E-state index contributed by atoms with van der Waals surface area (Å²) in [5, 5.41) is 7.61. The van der Waals surface area contributed by atoms with Crippen molar-refractivity contribution in [2.75, 3.05) is 6.61 Å². The summed E-state index contributed by atoms with van der Waals surface area (Å²) in [4.78, 5) is 14.9. The molecule has 0 aliphatic rings. The summed E-state index contributed by atoms with van der Waals surface area (Å²) in [7, 11) is 0. The Hall–Kier alpha value is -1.71. The van der Waals surface area contributed by atoms with Crippen LogP contribution in [0.25, 0.3) is 0 Å². The SMILES string of the molecule is CCOC(=O)CC(=N)c1ccncc1. The molecule has 0 saturated carbocycles. The zero-order chi connectivity index (χ0) is 10.4. The minimum Gasteiger partial charge on any atom is -0.466 e. The van der Waals surface area contributed by atoms with Crippen molar-refractivity contribution in [3.63, 3.8) is 0 Å². The molecule has 74 valence electrons. The minimum absolute atomic E-state index is 0.0118. The maximum Gasteiger partial charge on any atom is 0.311 e. The average molecular weight is 192 g/mol. The molecule has 0 saturated heterocycles. The maximum atomic E-state index is 11.0. The predicted molar refractivity (Wildman–Crippen MR) is 52.3 cm³/mol. The molecule has 1 aromatic rings. The largest absolute Gasteiger partial charge is 0.466 e. The van der Waals surface area contributed by atoms with Gasteiger partial charge in [0.15, 0.2) is 0 Å². The van der Waals surface area contributed by atoms with Crippen LogP contribution in [-0.2, 0) is 9.53 Å². The number of carbonyl (C=O) groups excluding carboxylic acids is 1. The lowest BCUT2D eigenvalue weighted by Crippen LogP contribution is -2.11. The Labute approximate surface area is 82.4 Å². The van der Waals surface area contributed by atoms with Gasteiger partial charge in [-0.25, -0.2) is 0 Å². The summed E-state index contributed by atoms with van der Waals surface area (Å²) in [6.45, 7) is 2.09. The monoisotopic (exact) mass is 192 g/mol. The lowest BCUT2D eigenvalue weighted by molar-refractivity contribution is -0.141. The molecule has 0 bridgehead atoms. The van der Waals surface area contributed by atoms with Gasteiger partial charge in [-0.2, -0.15) is 0 Å². The second-order valence-corrected chi connectivity index (χ2v) is 2.70. The molecule has 0 fully saturated rings. The number of rotatable bonds is 4. The van der Waals surface area contributed by atoms with Crippen LogP contribution in [0.4, 0.5) is 0 Å². The summed E-state index contributed by atoms with van der Waals surface area (Å²) >= 11 is 0. The highest BCUT2D eigenvalue weighted by atomic mass is 16.5. The smallest absolute Gasteiger partial charge is 0.311 e. The van der Waals surface area contributed by atoms with Gasteiger partial charge in [0.05, 0.1) is 13.0 Å². The summed E-state index contributed by atoms with van der Waals surface area (Å²) in [5.41, 5.74) is 0.957. The quantitative estimate of drug-likeness (QED) is 0.579. The lowest BCUT2D eigenvalue weighted by atomic mass is 10.1. The molecular formula is C10H12N2O2. The predicted octanol–water partition coefficient (Wildman–Crippen LogP) is 1.40. The van der Waals surface area contributed by atoms with Gasteiger partial charge in [0.1, 0.15) is 0 Å². The molecule has 0 aromatic carbocycles. The van der Waals surface area contributed by atoms with Crippen LogP contribution in [0, 0.1) is 5.41 Å². The summed E-state index contributed by atoms with van der Waals surface area (Å²) < 4.78 is 4.74. The topological polar surface area (TPSA) is 63.0 Å². The number of nitrogens with zero attached hydrogens (tertiary/aromatic N) is 1. The number of esters is 1. The number of hydrogen-bond donors (Lipinski definition) is 1. The number of nitrogens with one attached hydrogen (secondary N) is 1. The van der Waals surface area contributed by atoms with Crippen LogP contribution in [0.1, 0.15) is 18.9 Å². The van der Waals surface area contributed by atoms with Gasteiger partial charge in [-0.05, 0) is 24.6 Å². The minimum atomic E-state index is -0.366. The molecule has 0 atom stereocenters. The van der Waals surface area contributed by atoms with Gasteiger partial charge in [0, 0.05) is 18.1 Å². The van der Waals surface area contributed by atoms with Crippen molar-refractivity contribution in [3.8, 4) is 0 Å². The Kier molecular flexibility index (Phi) is 3.79. The first-order chi connectivity index (χ1) is 6.74. The summed E-state index contributed by atoms with van der Waals surface area (Å²) in [6.07, 6.45) is 3.20. The summed E-state index contributed by atoms with van der Waals surface area (Å²) in [5.74, 6) is -0.366. The van der Waals surface area contributed by atoms with E-state index in [4.69, 9.17) is 10.1 Å². The van der Waals surface area contributed by atoms with Crippen LogP contribution in [0.2, 0.25) is 0 Å². The number of carbonyl (C=O) groups is 1. The van der Waals surface area contributed by atoms with E-state index < -0.39 is 0 Å². The second kappa shape index (κ2) is 5.11. The molecule has 4 heteroatoms. The highest BCUT2D eigenvalue weighted by Crippen LogP contribution is 2.02. The second-order valence-electron chi connectivity index (χ2n) is 2.70. The molecule has 1 N–H and O–H groups in total. The van der Waals surface area contributed by atoms with Crippen molar-refractivity contribution in [1.82, 2.24) is 4.98 Å². The van der Waals surface area contributed by atoms with Gasteiger partial charge < -0.3 is 10.1 Å². The van der Waals surface area contributed by atoms with Gasteiger partial charge in [0.2, 0.25) is 0 Å². The van der Waals surface area contributed by atoms with E-state index >= 15 is 0 Å². The van der Waals surface area contributed by atoms with E-state index in [1.165, 1.54) is 0 Å². The summed E-state index contributed by atoms with van der Waals surface area (Å²) in [6, 6.07) is 3.39. The van der Waals surface area contributed by atoms with Gasteiger partial charge in [-0.15, -0.1) is 0 Å². The van der Waals surface area contributed by atoms with Crippen molar-refractivity contribution in [2.45, 2.75) is 13.3 Å². The Morgan fingerprint density at radius 2 is 2.14 bits per heavy atom. The van der Waals surface area contributed by atoms with Gasteiger partial charge in [-0.3, -0.25) is 9.78 Å². The van der Waals surface area contributed by atoms with E-state index in [-0.39, 0.29) is 18.1 Å². The van der Waals surface area contributed by atoms with Crippen molar-refractivity contribution in [1.29, 1.82) is 5.41 Å². The molecule has 0 unspecified atom stereocenters. The zero-order valence-corrected chi connectivity index (χ0v) is 7.99. The third-order valence-electron chi connectivity index (χ3n) is 1.66. The first-order valence-electron chi connectivity index (χ1n) is 4.37. The van der Waals surface area contributed by atoms with Crippen molar-refractivity contribution < 1.29 is 9.53 Å². The van der Waals surface area contributed by atoms with Crippen LogP contribution in [0.5, 0.6) is 0 Å². The van der Waals surface area contributed by atoms with Crippen molar-refractivity contribution in [3.05, 3.63) is 30.1 Å². The van der Waals surface area contributed by atoms with Crippen LogP contribution >= 0.6 is 0 Å². The Bertz CT molecular complexity index is 322. The van der Waals surface area contributed by atoms with Crippen LogP contribution < -0.4 is 0 Å². The fourth-order valence-electron chi connectivity index (χ4n) is 1.01. The fraction of sp³-hybridized carbons (Fsp3) is 0.300. The molecule has 0 amide bonds. The zero-order valence-electron chi connectivity index (χ0n) is 7.99. The molecule has 0 aliphatic carbocycles. The third kappa shape index (κ3) is 2.97. The van der Waals surface area contributed by atoms with Crippen molar-refractivity contribution in [2.24, 2.45) is 0 Å². The van der Waals surface area contributed by atoms with E-state index in [0.717, 1.165) is 0 Å². The lowest BCUT2D eigenvalue weighted by Gasteiger charge is -2.03. The highest BCUT2D eigenvalue weighted by Gasteiger charge is 2.07. The standard InChI is InChI=1S/C10H12N2O2/c1-2-14-10(13)7-9(11)8-3-5-12-6-4-8/h3-6,11H,2,7H2,1H3. The Morgan fingerprint density at radius 1 is 1.50 bits per heavy atom. The van der Waals surface area contributed by atoms with Gasteiger partial charge >= 0.3 is 5.97 Å². The first-order valence-corrected chi connectivity index (χ1v) is 4.37. The maximum absolute atomic E-state index is 11.0. The number of aromatic nitrogens is 1. The van der Waals surface area contributed by atoms with E-state index in [1.54, 1.807) is 31.5 Å². The first kappa shape index (κ1) is 10.4. The van der Waals surface area contributed by atoms with Crippen LogP contribution in [0.15, 0.2) is 24.5 Å². The fourth-order valence-corrected chi connectivity index (χ4v) is 1.01. The van der Waals surface area contributed by atoms with Crippen LogP contribution in [-0.4, -0.2) is 23.3 Å². The van der Waals surface area contributed by atoms with E-state index in [9.17, 15) is 4.79 Å². The molecular weight excluding hydrogens is 180 g/mol. The van der Waals surface area contributed by atoms with Gasteiger partial charge in [-0.1, -0.05) is 0 Å². The number of ether oxygens (including phenoxy) is 1. The van der Waals surface area contributed by atoms with E-state index in [2.05, 4.69) is 4.98 Å². The Morgan fingerprint density at radius 3 is 2.71 bits per heavy atom. The normalized spacial score (nSPS) is 9.50. The molecule has 1 heterocycles. The van der Waals surface area contributed by atoms with E-state index in [1.807, 2.05) is 0 Å². The van der Waals surface area contributed by atoms with Gasteiger partial charge in [0.25, 0.3) is 0 Å². The molecule has 0 radical (unpaired) electrons. The van der Waals surface area contributed by atoms with E-state index in [0.29, 0.717) is 12.2 Å². The van der Waals surface area contributed by atoms with Crippen LogP contribution in [0.3, 0.4) is 0 Å². The molecule has 1 rings (SSSR count). The number of hydrogen-bond acceptors (Lipinski definition) is 4. The highest BCUT2D eigenvalue weighted by molar-refractivity contribution is 6.07. The molecule has 14 heavy (non-hydrogen) atoms. The Balaban J connectivity index is 2.55. The molecule has 1 aromatic heterocycles. The molecule has 0 spiro atoms. The number of pyridine rings is 1. The molecule has 0 aliphatic heterocycles. The average Bonchev–Trinajstić information content (AvgIpc) is 2.19. The third-order valence-corrected chi connectivity index (χ3v) is 1.66. The van der Waals surface area contributed by atoms with Crippen molar-refractivity contribution >= 4 is 11.7 Å².